The number of halogens is 3. The van der Waals surface area contributed by atoms with Crippen LogP contribution in [0.2, 0.25) is 5.02 Å². The number of hydrogen-bond acceptors (Lipinski definition) is 3. The molecular formula is C20H25ClFIN2O. The van der Waals surface area contributed by atoms with E-state index in [1.165, 1.54) is 50.8 Å². The van der Waals surface area contributed by atoms with Crippen LogP contribution in [0.4, 0.5) is 4.39 Å². The van der Waals surface area contributed by atoms with Crippen LogP contribution in [0.15, 0.2) is 16.7 Å². The molecule has 1 aliphatic carbocycles. The Morgan fingerprint density at radius 2 is 1.88 bits per heavy atom. The van der Waals surface area contributed by atoms with Crippen LogP contribution >= 0.6 is 34.2 Å². The number of hydrogen-bond donors (Lipinski definition) is 0. The van der Waals surface area contributed by atoms with Crippen molar-refractivity contribution in [3.05, 3.63) is 28.7 Å². The fourth-order valence-electron chi connectivity index (χ4n) is 4.45. The second kappa shape index (κ2) is 8.31. The van der Waals surface area contributed by atoms with Gasteiger partial charge in [0.1, 0.15) is 5.82 Å². The first-order valence-corrected chi connectivity index (χ1v) is 11.3. The predicted octanol–water partition coefficient (Wildman–Crippen LogP) is 6.18. The summed E-state index contributed by atoms with van der Waals surface area (Å²) in [7, 11) is 0. The van der Waals surface area contributed by atoms with Crippen LogP contribution < -0.4 is 0 Å². The maximum absolute atomic E-state index is 13.8. The van der Waals surface area contributed by atoms with Gasteiger partial charge in [0.05, 0.1) is 10.7 Å². The normalized spacial score (nSPS) is 25.8. The minimum atomic E-state index is -0.401. The molecule has 6 heteroatoms. The lowest BCUT2D eigenvalue weighted by Crippen LogP contribution is -2.34. The molecule has 2 aromatic rings. The average molecular weight is 491 g/mol. The van der Waals surface area contributed by atoms with Crippen LogP contribution in [0, 0.1) is 11.7 Å². The van der Waals surface area contributed by atoms with Crippen molar-refractivity contribution in [3.63, 3.8) is 0 Å². The summed E-state index contributed by atoms with van der Waals surface area (Å²) >= 11 is 8.44. The maximum atomic E-state index is 13.8. The third-order valence-electron chi connectivity index (χ3n) is 6.14. The van der Waals surface area contributed by atoms with Gasteiger partial charge in [0.15, 0.2) is 5.58 Å². The molecule has 2 fully saturated rings. The van der Waals surface area contributed by atoms with Crippen molar-refractivity contribution in [1.29, 1.82) is 0 Å². The summed E-state index contributed by atoms with van der Waals surface area (Å²) in [5, 5.41) is 5.10. The number of nitrogens with zero attached hydrogens (tertiary/aromatic N) is 2. The molecule has 0 N–H and O–H groups in total. The molecule has 1 aromatic carbocycles. The molecule has 0 spiro atoms. The maximum Gasteiger partial charge on any atom is 0.168 e. The van der Waals surface area contributed by atoms with Crippen LogP contribution in [-0.2, 0) is 0 Å². The van der Waals surface area contributed by atoms with Gasteiger partial charge < -0.3 is 9.42 Å². The third kappa shape index (κ3) is 4.20. The van der Waals surface area contributed by atoms with Crippen molar-refractivity contribution in [2.45, 2.75) is 54.8 Å². The molecule has 1 aromatic heterocycles. The summed E-state index contributed by atoms with van der Waals surface area (Å²) in [6.07, 6.45) is 9.07. The van der Waals surface area contributed by atoms with Gasteiger partial charge in [-0.25, -0.2) is 4.39 Å². The summed E-state index contributed by atoms with van der Waals surface area (Å²) in [6.45, 7) is 3.40. The zero-order chi connectivity index (χ0) is 18.1. The van der Waals surface area contributed by atoms with Gasteiger partial charge >= 0.3 is 0 Å². The first-order chi connectivity index (χ1) is 12.6. The Bertz CT molecular complexity index is 752. The Morgan fingerprint density at radius 1 is 1.15 bits per heavy atom. The van der Waals surface area contributed by atoms with E-state index in [9.17, 15) is 4.39 Å². The van der Waals surface area contributed by atoms with E-state index in [0.29, 0.717) is 11.5 Å². The Labute approximate surface area is 172 Å². The largest absolute Gasteiger partial charge is 0.356 e. The smallest absolute Gasteiger partial charge is 0.168 e. The lowest BCUT2D eigenvalue weighted by molar-refractivity contribution is 0.188. The molecule has 0 radical (unpaired) electrons. The molecule has 2 aliphatic rings. The van der Waals surface area contributed by atoms with Crippen molar-refractivity contribution >= 4 is 45.2 Å². The van der Waals surface area contributed by atoms with Gasteiger partial charge in [-0.1, -0.05) is 39.3 Å². The molecule has 142 valence electrons. The highest BCUT2D eigenvalue weighted by molar-refractivity contribution is 14.1. The number of likely N-dealkylation sites (tertiary alicyclic amines) is 1. The number of alkyl halides is 1. The van der Waals surface area contributed by atoms with Crippen molar-refractivity contribution in [3.8, 4) is 0 Å². The van der Waals surface area contributed by atoms with Crippen molar-refractivity contribution in [1.82, 2.24) is 10.1 Å². The molecule has 26 heavy (non-hydrogen) atoms. The van der Waals surface area contributed by atoms with Gasteiger partial charge in [0.2, 0.25) is 0 Å². The van der Waals surface area contributed by atoms with Gasteiger partial charge in [-0.2, -0.15) is 0 Å². The SMILES string of the molecule is Fc1cc2c(C3CCN(CCC4CCC(I)CC4)CC3)noc2cc1Cl. The Hall–Kier alpha value is -0.400. The number of benzene rings is 1. The minimum Gasteiger partial charge on any atom is -0.356 e. The van der Waals surface area contributed by atoms with E-state index in [0.717, 1.165) is 46.9 Å². The highest BCUT2D eigenvalue weighted by Crippen LogP contribution is 2.35. The molecule has 1 aliphatic heterocycles. The zero-order valence-electron chi connectivity index (χ0n) is 14.9. The Balaban J connectivity index is 1.32. The van der Waals surface area contributed by atoms with Crippen LogP contribution in [-0.4, -0.2) is 33.6 Å². The van der Waals surface area contributed by atoms with E-state index in [-0.39, 0.29) is 5.02 Å². The summed E-state index contributed by atoms with van der Waals surface area (Å²) in [4.78, 5) is 2.59. The highest BCUT2D eigenvalue weighted by Gasteiger charge is 2.26. The zero-order valence-corrected chi connectivity index (χ0v) is 17.8. The van der Waals surface area contributed by atoms with E-state index >= 15 is 0 Å². The van der Waals surface area contributed by atoms with Gasteiger partial charge in [-0.15, -0.1) is 0 Å². The van der Waals surface area contributed by atoms with Crippen LogP contribution in [0.1, 0.15) is 56.6 Å². The topological polar surface area (TPSA) is 29.3 Å². The molecule has 0 amide bonds. The Kier molecular flexibility index (Phi) is 6.05. The van der Waals surface area contributed by atoms with Gasteiger partial charge in [0.25, 0.3) is 0 Å². The lowest BCUT2D eigenvalue weighted by Gasteiger charge is -2.33. The summed E-state index contributed by atoms with van der Waals surface area (Å²) in [6, 6.07) is 3.00. The van der Waals surface area contributed by atoms with E-state index < -0.39 is 5.82 Å². The molecule has 0 unspecified atom stereocenters. The molecule has 1 saturated carbocycles. The molecule has 0 atom stereocenters. The minimum absolute atomic E-state index is 0.0895. The summed E-state index contributed by atoms with van der Waals surface area (Å²) < 4.78 is 20.1. The molecule has 3 nitrogen and oxygen atoms in total. The summed E-state index contributed by atoms with van der Waals surface area (Å²) in [5.41, 5.74) is 1.48. The van der Waals surface area contributed by atoms with Crippen molar-refractivity contribution < 1.29 is 8.91 Å². The second-order valence-electron chi connectivity index (χ2n) is 7.85. The summed E-state index contributed by atoms with van der Waals surface area (Å²) in [5.74, 6) is 0.871. The van der Waals surface area contributed by atoms with Gasteiger partial charge in [-0.05, 0) is 76.6 Å². The molecule has 2 heterocycles. The van der Waals surface area contributed by atoms with Crippen molar-refractivity contribution in [2.24, 2.45) is 5.92 Å². The molecular weight excluding hydrogens is 466 g/mol. The van der Waals surface area contributed by atoms with Gasteiger partial charge in [0, 0.05) is 21.3 Å². The molecule has 4 rings (SSSR count). The van der Waals surface area contributed by atoms with E-state index in [1.807, 2.05) is 0 Å². The van der Waals surface area contributed by atoms with Crippen LogP contribution in [0.3, 0.4) is 0 Å². The standard InChI is InChI=1S/C20H25ClFIN2O/c21-17-12-19-16(11-18(17)22)20(24-26-19)14-6-9-25(10-7-14)8-5-13-1-3-15(23)4-2-13/h11-15H,1-10H2. The van der Waals surface area contributed by atoms with E-state index in [1.54, 1.807) is 0 Å². The Morgan fingerprint density at radius 3 is 2.62 bits per heavy atom. The fourth-order valence-corrected chi connectivity index (χ4v) is 5.32. The monoisotopic (exact) mass is 490 g/mol. The highest BCUT2D eigenvalue weighted by atomic mass is 127. The number of fused-ring (bicyclic) bond motifs is 1. The first kappa shape index (κ1) is 18.9. The lowest BCUT2D eigenvalue weighted by atomic mass is 9.86. The van der Waals surface area contributed by atoms with Crippen LogP contribution in [0.25, 0.3) is 11.0 Å². The van der Waals surface area contributed by atoms with Crippen LogP contribution in [0.5, 0.6) is 0 Å². The average Bonchev–Trinajstić information content (AvgIpc) is 3.05. The first-order valence-electron chi connectivity index (χ1n) is 9.71. The molecule has 1 saturated heterocycles. The molecule has 0 bridgehead atoms. The predicted molar refractivity (Wildman–Crippen MR) is 112 cm³/mol. The van der Waals surface area contributed by atoms with Gasteiger partial charge in [-0.3, -0.25) is 0 Å². The third-order valence-corrected chi connectivity index (χ3v) is 7.68. The quantitative estimate of drug-likeness (QED) is 0.378. The van der Waals surface area contributed by atoms with E-state index in [2.05, 4.69) is 32.6 Å². The fraction of sp³-hybridized carbons (Fsp3) is 0.650. The number of rotatable bonds is 4. The number of aromatic nitrogens is 1. The second-order valence-corrected chi connectivity index (χ2v) is 10.0. The number of piperidine rings is 1. The van der Waals surface area contributed by atoms with Crippen molar-refractivity contribution in [2.75, 3.05) is 19.6 Å². The van der Waals surface area contributed by atoms with E-state index in [4.69, 9.17) is 16.1 Å².